The molecule has 0 spiro atoms. The number of hydrogen-bond acceptors (Lipinski definition) is 5. The number of aryl methyl sites for hydroxylation is 1. The van der Waals surface area contributed by atoms with E-state index >= 15 is 0 Å². The largest absolute Gasteiger partial charge is 0.408 e. The smallest absolute Gasteiger partial charge is 0.322 e. The van der Waals surface area contributed by atoms with Gasteiger partial charge in [0.1, 0.15) is 0 Å². The number of anilines is 1. The van der Waals surface area contributed by atoms with E-state index in [0.29, 0.717) is 11.5 Å². The van der Waals surface area contributed by atoms with Crippen molar-refractivity contribution in [1.82, 2.24) is 15.5 Å². The van der Waals surface area contributed by atoms with Gasteiger partial charge in [-0.25, -0.2) is 0 Å². The molecular formula is C12H12N4O2. The molecule has 0 saturated carbocycles. The van der Waals surface area contributed by atoms with Gasteiger partial charge in [0.05, 0.1) is 0 Å². The van der Waals surface area contributed by atoms with Gasteiger partial charge in [-0.3, -0.25) is 10.1 Å². The van der Waals surface area contributed by atoms with E-state index in [9.17, 15) is 4.79 Å². The topological polar surface area (TPSA) is 80.0 Å². The summed E-state index contributed by atoms with van der Waals surface area (Å²) in [6.45, 7) is 3.33. The summed E-state index contributed by atoms with van der Waals surface area (Å²) in [5.41, 5.74) is 2.98. The summed E-state index contributed by atoms with van der Waals surface area (Å²) in [5, 5.41) is 13.2. The van der Waals surface area contributed by atoms with Crippen LogP contribution in [-0.4, -0.2) is 16.1 Å². The first kappa shape index (κ1) is 10.9. The molecule has 2 aromatic rings. The molecule has 1 aliphatic heterocycles. The fourth-order valence-corrected chi connectivity index (χ4v) is 1.95. The monoisotopic (exact) mass is 244 g/mol. The lowest BCUT2D eigenvalue weighted by Gasteiger charge is -2.03. The normalized spacial score (nSPS) is 13.4. The molecule has 0 fully saturated rings. The fraction of sp³-hybridized carbons (Fsp3) is 0.250. The zero-order valence-electron chi connectivity index (χ0n) is 9.86. The van der Waals surface area contributed by atoms with E-state index in [2.05, 4.69) is 20.8 Å². The SMILES string of the molecule is Cc1nnc(NC(=O)c2ccc3c(c2)CNC3)o1. The second-order valence-electron chi connectivity index (χ2n) is 4.17. The van der Waals surface area contributed by atoms with Crippen LogP contribution in [0.15, 0.2) is 22.6 Å². The Labute approximate surface area is 103 Å². The zero-order valence-corrected chi connectivity index (χ0v) is 9.86. The summed E-state index contributed by atoms with van der Waals surface area (Å²) in [5.74, 6) is 0.178. The van der Waals surface area contributed by atoms with Gasteiger partial charge in [-0.1, -0.05) is 11.2 Å². The Bertz CT molecular complexity index is 606. The summed E-state index contributed by atoms with van der Waals surface area (Å²) < 4.78 is 5.10. The molecular weight excluding hydrogens is 232 g/mol. The maximum atomic E-state index is 12.0. The van der Waals surface area contributed by atoms with Crippen molar-refractivity contribution in [3.05, 3.63) is 40.8 Å². The fourth-order valence-electron chi connectivity index (χ4n) is 1.95. The first-order valence-corrected chi connectivity index (χ1v) is 5.66. The van der Waals surface area contributed by atoms with Gasteiger partial charge in [-0.05, 0) is 23.3 Å². The third-order valence-electron chi connectivity index (χ3n) is 2.85. The van der Waals surface area contributed by atoms with E-state index in [-0.39, 0.29) is 11.9 Å². The number of hydrogen-bond donors (Lipinski definition) is 2. The maximum absolute atomic E-state index is 12.0. The van der Waals surface area contributed by atoms with Crippen molar-refractivity contribution in [3.8, 4) is 0 Å². The van der Waals surface area contributed by atoms with Gasteiger partial charge < -0.3 is 9.73 Å². The van der Waals surface area contributed by atoms with Crippen molar-refractivity contribution in [2.24, 2.45) is 0 Å². The molecule has 0 unspecified atom stereocenters. The minimum atomic E-state index is -0.242. The zero-order chi connectivity index (χ0) is 12.5. The summed E-state index contributed by atoms with van der Waals surface area (Å²) >= 11 is 0. The predicted octanol–water partition coefficient (Wildman–Crippen LogP) is 1.23. The molecule has 18 heavy (non-hydrogen) atoms. The highest BCUT2D eigenvalue weighted by Gasteiger charge is 2.15. The number of benzene rings is 1. The molecule has 6 heteroatoms. The van der Waals surface area contributed by atoms with Crippen molar-refractivity contribution in [2.45, 2.75) is 20.0 Å². The standard InChI is InChI=1S/C12H12N4O2/c1-7-15-16-12(18-7)14-11(17)8-2-3-9-5-13-6-10(9)4-8/h2-4,13H,5-6H2,1H3,(H,14,16,17). The van der Waals surface area contributed by atoms with E-state index < -0.39 is 0 Å². The highest BCUT2D eigenvalue weighted by atomic mass is 16.4. The molecule has 1 aromatic carbocycles. The molecule has 0 aliphatic carbocycles. The van der Waals surface area contributed by atoms with Gasteiger partial charge in [0.25, 0.3) is 5.91 Å². The van der Waals surface area contributed by atoms with E-state index in [1.54, 1.807) is 13.0 Å². The van der Waals surface area contributed by atoms with Crippen molar-refractivity contribution in [2.75, 3.05) is 5.32 Å². The number of aromatic nitrogens is 2. The van der Waals surface area contributed by atoms with E-state index in [4.69, 9.17) is 4.42 Å². The van der Waals surface area contributed by atoms with Crippen LogP contribution in [0, 0.1) is 6.92 Å². The van der Waals surface area contributed by atoms with Crippen molar-refractivity contribution in [1.29, 1.82) is 0 Å². The van der Waals surface area contributed by atoms with Crippen molar-refractivity contribution < 1.29 is 9.21 Å². The molecule has 0 saturated heterocycles. The maximum Gasteiger partial charge on any atom is 0.322 e. The Kier molecular flexibility index (Phi) is 2.56. The molecule has 1 aliphatic rings. The molecule has 92 valence electrons. The van der Waals surface area contributed by atoms with Crippen LogP contribution in [0.3, 0.4) is 0 Å². The number of amides is 1. The van der Waals surface area contributed by atoms with Crippen LogP contribution < -0.4 is 10.6 Å². The highest BCUT2D eigenvalue weighted by Crippen LogP contribution is 2.17. The van der Waals surface area contributed by atoms with Gasteiger partial charge in [-0.2, -0.15) is 0 Å². The van der Waals surface area contributed by atoms with E-state index in [1.165, 1.54) is 5.56 Å². The minimum Gasteiger partial charge on any atom is -0.408 e. The molecule has 1 amide bonds. The minimum absolute atomic E-state index is 0.121. The lowest BCUT2D eigenvalue weighted by atomic mass is 10.1. The van der Waals surface area contributed by atoms with Crippen molar-refractivity contribution in [3.63, 3.8) is 0 Å². The first-order chi connectivity index (χ1) is 8.72. The number of carbonyl (C=O) groups is 1. The van der Waals surface area contributed by atoms with Gasteiger partial charge >= 0.3 is 6.01 Å². The highest BCUT2D eigenvalue weighted by molar-refractivity contribution is 6.03. The number of fused-ring (bicyclic) bond motifs is 1. The lowest BCUT2D eigenvalue weighted by Crippen LogP contribution is -2.12. The van der Waals surface area contributed by atoms with Crippen LogP contribution >= 0.6 is 0 Å². The Hall–Kier alpha value is -2.21. The first-order valence-electron chi connectivity index (χ1n) is 5.66. The van der Waals surface area contributed by atoms with E-state index in [0.717, 1.165) is 18.7 Å². The third kappa shape index (κ3) is 1.98. The van der Waals surface area contributed by atoms with E-state index in [1.807, 2.05) is 12.1 Å². The Morgan fingerprint density at radius 1 is 1.33 bits per heavy atom. The summed E-state index contributed by atoms with van der Waals surface area (Å²) in [7, 11) is 0. The second-order valence-corrected chi connectivity index (χ2v) is 4.17. The number of nitrogens with one attached hydrogen (secondary N) is 2. The summed E-state index contributed by atoms with van der Waals surface area (Å²) in [4.78, 5) is 12.0. The molecule has 2 heterocycles. The second kappa shape index (κ2) is 4.23. The molecule has 0 radical (unpaired) electrons. The molecule has 1 aromatic heterocycles. The van der Waals surface area contributed by atoms with Gasteiger partial charge in [-0.15, -0.1) is 5.10 Å². The number of rotatable bonds is 2. The van der Waals surface area contributed by atoms with Crippen LogP contribution in [0.25, 0.3) is 0 Å². The van der Waals surface area contributed by atoms with Crippen LogP contribution in [0.1, 0.15) is 27.4 Å². The molecule has 2 N–H and O–H groups in total. The van der Waals surface area contributed by atoms with Crippen LogP contribution in [0.2, 0.25) is 0 Å². The molecule has 3 rings (SSSR count). The molecule has 0 atom stereocenters. The predicted molar refractivity (Wildman–Crippen MR) is 64.0 cm³/mol. The van der Waals surface area contributed by atoms with Crippen LogP contribution in [-0.2, 0) is 13.1 Å². The van der Waals surface area contributed by atoms with Gasteiger partial charge in [0.2, 0.25) is 5.89 Å². The van der Waals surface area contributed by atoms with Gasteiger partial charge in [0.15, 0.2) is 0 Å². The average Bonchev–Trinajstić information content (AvgIpc) is 2.96. The summed E-state index contributed by atoms with van der Waals surface area (Å²) in [6, 6.07) is 5.76. The summed E-state index contributed by atoms with van der Waals surface area (Å²) in [6.07, 6.45) is 0. The average molecular weight is 244 g/mol. The Morgan fingerprint density at radius 2 is 2.17 bits per heavy atom. The van der Waals surface area contributed by atoms with Gasteiger partial charge in [0, 0.05) is 25.6 Å². The molecule has 0 bridgehead atoms. The molecule has 6 nitrogen and oxygen atoms in total. The Balaban J connectivity index is 1.80. The quantitative estimate of drug-likeness (QED) is 0.830. The third-order valence-corrected chi connectivity index (χ3v) is 2.85. The van der Waals surface area contributed by atoms with Crippen molar-refractivity contribution >= 4 is 11.9 Å². The van der Waals surface area contributed by atoms with Crippen LogP contribution in [0.4, 0.5) is 6.01 Å². The van der Waals surface area contributed by atoms with Crippen LogP contribution in [0.5, 0.6) is 0 Å². The number of nitrogens with zero attached hydrogens (tertiary/aromatic N) is 2. The lowest BCUT2D eigenvalue weighted by molar-refractivity contribution is 0.102. The Morgan fingerprint density at radius 3 is 2.94 bits per heavy atom. The number of carbonyl (C=O) groups excluding carboxylic acids is 1.